The summed E-state index contributed by atoms with van der Waals surface area (Å²) in [6.07, 6.45) is 1.51. The lowest BCUT2D eigenvalue weighted by Crippen LogP contribution is -2.30. The largest absolute Gasteiger partial charge is 0.481 e. The normalized spacial score (nSPS) is 11.8. The summed E-state index contributed by atoms with van der Waals surface area (Å²) >= 11 is 0. The van der Waals surface area contributed by atoms with Gasteiger partial charge in [-0.2, -0.15) is 5.10 Å². The summed E-state index contributed by atoms with van der Waals surface area (Å²) in [5.41, 5.74) is 6.24. The number of carbonyl (C=O) groups excluding carboxylic acids is 1. The van der Waals surface area contributed by atoms with Crippen LogP contribution in [-0.2, 0) is 27.5 Å². The zero-order chi connectivity index (χ0) is 15.2. The van der Waals surface area contributed by atoms with E-state index in [4.69, 9.17) is 15.6 Å². The zero-order valence-corrected chi connectivity index (χ0v) is 11.2. The third kappa shape index (κ3) is 4.07. The number of aromatic nitrogens is 2. The number of anilines is 1. The fourth-order valence-corrected chi connectivity index (χ4v) is 1.75. The fraction of sp³-hybridized carbons (Fsp3) is 0.214. The van der Waals surface area contributed by atoms with Crippen molar-refractivity contribution in [3.8, 4) is 0 Å². The first-order chi connectivity index (χ1) is 10.1. The Hall–Kier alpha value is -2.83. The second-order valence-electron chi connectivity index (χ2n) is 4.45. The third-order valence-electron chi connectivity index (χ3n) is 2.84. The van der Waals surface area contributed by atoms with Gasteiger partial charge in [0.25, 0.3) is 0 Å². The lowest BCUT2D eigenvalue weighted by molar-refractivity contribution is -0.160. The maximum atomic E-state index is 11.9. The molecule has 1 heterocycles. The quantitative estimate of drug-likeness (QED) is 0.604. The van der Waals surface area contributed by atoms with E-state index in [0.29, 0.717) is 0 Å². The van der Waals surface area contributed by atoms with Crippen molar-refractivity contribution in [2.24, 2.45) is 5.92 Å². The van der Waals surface area contributed by atoms with Crippen LogP contribution in [0.1, 0.15) is 5.56 Å². The maximum Gasteiger partial charge on any atom is 0.322 e. The maximum absolute atomic E-state index is 11.9. The Bertz CT molecular complexity index is 624. The number of nitrogens with two attached hydrogens (primary N) is 1. The van der Waals surface area contributed by atoms with Crippen molar-refractivity contribution in [2.45, 2.75) is 13.2 Å². The smallest absolute Gasteiger partial charge is 0.322 e. The van der Waals surface area contributed by atoms with Crippen LogP contribution >= 0.6 is 0 Å². The summed E-state index contributed by atoms with van der Waals surface area (Å²) in [5, 5.41) is 13.0. The van der Waals surface area contributed by atoms with Gasteiger partial charge in [-0.05, 0) is 11.6 Å². The van der Waals surface area contributed by atoms with Gasteiger partial charge in [0.2, 0.25) is 0 Å². The van der Waals surface area contributed by atoms with Crippen LogP contribution in [0.15, 0.2) is 42.6 Å². The molecule has 0 spiro atoms. The Morgan fingerprint density at radius 2 is 2.00 bits per heavy atom. The van der Waals surface area contributed by atoms with E-state index in [2.05, 4.69) is 5.10 Å². The molecule has 7 nitrogen and oxygen atoms in total. The van der Waals surface area contributed by atoms with Crippen molar-refractivity contribution < 1.29 is 19.4 Å². The Kier molecular flexibility index (Phi) is 4.55. The number of nitrogen functional groups attached to an aromatic ring is 1. The monoisotopic (exact) mass is 289 g/mol. The number of ether oxygens (including phenoxy) is 1. The Morgan fingerprint density at radius 1 is 1.29 bits per heavy atom. The molecular weight excluding hydrogens is 274 g/mol. The molecular formula is C14H15N3O4. The summed E-state index contributed by atoms with van der Waals surface area (Å²) < 4.78 is 6.34. The first-order valence-corrected chi connectivity index (χ1v) is 6.28. The lowest BCUT2D eigenvalue weighted by atomic mass is 10.1. The zero-order valence-electron chi connectivity index (χ0n) is 11.2. The molecule has 1 unspecified atom stereocenters. The van der Waals surface area contributed by atoms with E-state index in [-0.39, 0.29) is 19.0 Å². The number of nitrogens with zero attached hydrogens (tertiary/aromatic N) is 2. The van der Waals surface area contributed by atoms with E-state index in [1.165, 1.54) is 16.9 Å². The molecule has 7 heteroatoms. The fourth-order valence-electron chi connectivity index (χ4n) is 1.75. The Balaban J connectivity index is 1.97. The molecule has 0 aliphatic carbocycles. The van der Waals surface area contributed by atoms with Gasteiger partial charge in [0.15, 0.2) is 5.92 Å². The van der Waals surface area contributed by atoms with Crippen molar-refractivity contribution in [2.75, 3.05) is 5.73 Å². The molecule has 0 amide bonds. The number of carboxylic acids is 1. The van der Waals surface area contributed by atoms with Gasteiger partial charge < -0.3 is 15.6 Å². The van der Waals surface area contributed by atoms with Crippen LogP contribution < -0.4 is 5.73 Å². The van der Waals surface area contributed by atoms with E-state index in [1.54, 1.807) is 12.1 Å². The molecule has 1 aromatic carbocycles. The van der Waals surface area contributed by atoms with Crippen LogP contribution in [0.2, 0.25) is 0 Å². The molecule has 110 valence electrons. The van der Waals surface area contributed by atoms with Gasteiger partial charge >= 0.3 is 11.9 Å². The van der Waals surface area contributed by atoms with Crippen LogP contribution in [0.4, 0.5) is 5.82 Å². The van der Waals surface area contributed by atoms with E-state index < -0.39 is 17.9 Å². The SMILES string of the molecule is Nc1ccn(CC(C(=O)O)C(=O)OCc2ccccc2)n1. The molecule has 0 aliphatic heterocycles. The summed E-state index contributed by atoms with van der Waals surface area (Å²) in [6, 6.07) is 10.6. The number of benzene rings is 1. The summed E-state index contributed by atoms with van der Waals surface area (Å²) in [6.45, 7) is -0.0924. The summed E-state index contributed by atoms with van der Waals surface area (Å²) in [7, 11) is 0. The molecule has 0 radical (unpaired) electrons. The number of rotatable bonds is 6. The first kappa shape index (κ1) is 14.6. The van der Waals surface area contributed by atoms with E-state index in [0.717, 1.165) is 5.56 Å². The van der Waals surface area contributed by atoms with Crippen molar-refractivity contribution in [1.82, 2.24) is 9.78 Å². The van der Waals surface area contributed by atoms with Crippen molar-refractivity contribution in [3.05, 3.63) is 48.2 Å². The minimum absolute atomic E-state index is 0.0324. The van der Waals surface area contributed by atoms with Crippen molar-refractivity contribution in [1.29, 1.82) is 0 Å². The van der Waals surface area contributed by atoms with Gasteiger partial charge in [0.05, 0.1) is 6.54 Å². The molecule has 1 atom stereocenters. The Labute approximate surface area is 120 Å². The first-order valence-electron chi connectivity index (χ1n) is 6.28. The average Bonchev–Trinajstić information content (AvgIpc) is 2.88. The van der Waals surface area contributed by atoms with Gasteiger partial charge in [-0.25, -0.2) is 0 Å². The molecule has 2 rings (SSSR count). The highest BCUT2D eigenvalue weighted by atomic mass is 16.5. The van der Waals surface area contributed by atoms with E-state index in [1.807, 2.05) is 18.2 Å². The number of hydrogen-bond acceptors (Lipinski definition) is 5. The molecule has 0 aliphatic rings. The molecule has 21 heavy (non-hydrogen) atoms. The second kappa shape index (κ2) is 6.56. The van der Waals surface area contributed by atoms with Crippen LogP contribution in [-0.4, -0.2) is 26.8 Å². The third-order valence-corrected chi connectivity index (χ3v) is 2.84. The van der Waals surface area contributed by atoms with Gasteiger partial charge in [-0.1, -0.05) is 30.3 Å². The standard InChI is InChI=1S/C14H15N3O4/c15-12-6-7-17(16-12)8-11(13(18)19)14(20)21-9-10-4-2-1-3-5-10/h1-7,11H,8-9H2,(H2,15,16)(H,18,19). The molecule has 2 aromatic rings. The minimum Gasteiger partial charge on any atom is -0.481 e. The molecule has 1 aromatic heterocycles. The highest BCUT2D eigenvalue weighted by Gasteiger charge is 2.28. The highest BCUT2D eigenvalue weighted by molar-refractivity contribution is 5.93. The topological polar surface area (TPSA) is 107 Å². The van der Waals surface area contributed by atoms with Gasteiger partial charge in [-0.15, -0.1) is 0 Å². The molecule has 0 bridgehead atoms. The molecule has 0 saturated carbocycles. The van der Waals surface area contributed by atoms with Crippen molar-refractivity contribution in [3.63, 3.8) is 0 Å². The predicted octanol–water partition coefficient (Wildman–Crippen LogP) is 0.909. The minimum atomic E-state index is -1.33. The van der Waals surface area contributed by atoms with Gasteiger partial charge in [0, 0.05) is 6.20 Å². The predicted molar refractivity (Wildman–Crippen MR) is 74.0 cm³/mol. The number of aliphatic carboxylic acids is 1. The number of carbonyl (C=O) groups is 2. The van der Waals surface area contributed by atoms with Gasteiger partial charge in [-0.3, -0.25) is 14.3 Å². The van der Waals surface area contributed by atoms with Crippen molar-refractivity contribution >= 4 is 17.8 Å². The number of carboxylic acid groups (broad SMARTS) is 1. The van der Waals surface area contributed by atoms with Crippen LogP contribution in [0.3, 0.4) is 0 Å². The lowest BCUT2D eigenvalue weighted by Gasteiger charge is -2.12. The highest BCUT2D eigenvalue weighted by Crippen LogP contribution is 2.09. The number of hydrogen-bond donors (Lipinski definition) is 2. The van der Waals surface area contributed by atoms with E-state index >= 15 is 0 Å². The van der Waals surface area contributed by atoms with Gasteiger partial charge in [0.1, 0.15) is 12.4 Å². The van der Waals surface area contributed by atoms with Crippen LogP contribution in [0, 0.1) is 5.92 Å². The summed E-state index contributed by atoms with van der Waals surface area (Å²) in [4.78, 5) is 23.1. The molecule has 0 saturated heterocycles. The Morgan fingerprint density at radius 3 is 2.57 bits per heavy atom. The molecule has 3 N–H and O–H groups in total. The van der Waals surface area contributed by atoms with E-state index in [9.17, 15) is 9.59 Å². The van der Waals surface area contributed by atoms with Crippen LogP contribution in [0.25, 0.3) is 0 Å². The van der Waals surface area contributed by atoms with Crippen LogP contribution in [0.5, 0.6) is 0 Å². The number of esters is 1. The molecule has 0 fully saturated rings. The summed E-state index contributed by atoms with van der Waals surface area (Å²) in [5.74, 6) is -3.13. The second-order valence-corrected chi connectivity index (χ2v) is 4.45. The average molecular weight is 289 g/mol.